The van der Waals surface area contributed by atoms with Crippen molar-refractivity contribution in [3.8, 4) is 0 Å². The van der Waals surface area contributed by atoms with Gasteiger partial charge >= 0.3 is 0 Å². The fourth-order valence-electron chi connectivity index (χ4n) is 1.32. The normalized spacial score (nSPS) is 19.4. The molecule has 0 N–H and O–H groups in total. The van der Waals surface area contributed by atoms with Crippen LogP contribution in [-0.4, -0.2) is 0 Å². The van der Waals surface area contributed by atoms with Crippen LogP contribution in [-0.2, 0) is 0 Å². The summed E-state index contributed by atoms with van der Waals surface area (Å²) in [5, 5.41) is 0. The van der Waals surface area contributed by atoms with E-state index in [1.54, 1.807) is 0 Å². The Bertz CT molecular complexity index is 228. The molecule has 1 aliphatic carbocycles. The predicted molar refractivity (Wildman–Crippen MR) is 63.9 cm³/mol. The average molecular weight is 187 g/mol. The van der Waals surface area contributed by atoms with Crippen LogP contribution >= 0.6 is 0 Å². The molecule has 0 aromatic heterocycles. The summed E-state index contributed by atoms with van der Waals surface area (Å²) < 4.78 is 0. The number of hydrogen-bond donors (Lipinski definition) is 0. The summed E-state index contributed by atoms with van der Waals surface area (Å²) in [5.41, 5.74) is 0. The molecule has 0 nitrogen and oxygen atoms in total. The molecule has 0 aliphatic heterocycles. The molecular weight excluding hydrogens is 168 g/mol. The Kier molecular flexibility index (Phi) is 6.74. The highest BCUT2D eigenvalue weighted by Gasteiger charge is 1.82. The molecule has 0 aromatic carbocycles. The van der Waals surface area contributed by atoms with Crippen molar-refractivity contribution < 1.29 is 0 Å². The van der Waals surface area contributed by atoms with Crippen LogP contribution in [0.4, 0.5) is 0 Å². The Morgan fingerprint density at radius 2 is 1.21 bits per heavy atom. The zero-order valence-electron chi connectivity index (χ0n) is 8.73. The van der Waals surface area contributed by atoms with Gasteiger partial charge in [-0.25, -0.2) is 0 Å². The zero-order valence-corrected chi connectivity index (χ0v) is 8.73. The predicted octanol–water partition coefficient (Wildman–Crippen LogP) is 4.38. The van der Waals surface area contributed by atoms with Crippen LogP contribution in [0, 0.1) is 6.42 Å². The monoisotopic (exact) mass is 187 g/mol. The molecule has 0 bridgehead atoms. The summed E-state index contributed by atoms with van der Waals surface area (Å²) >= 11 is 0. The van der Waals surface area contributed by atoms with E-state index in [1.165, 1.54) is 25.7 Å². The molecule has 0 aromatic rings. The van der Waals surface area contributed by atoms with E-state index in [9.17, 15) is 0 Å². The van der Waals surface area contributed by atoms with Gasteiger partial charge in [-0.05, 0) is 32.1 Å². The molecule has 0 saturated carbocycles. The highest BCUT2D eigenvalue weighted by atomic mass is 13.9. The fourth-order valence-corrected chi connectivity index (χ4v) is 1.32. The maximum atomic E-state index is 2.30. The van der Waals surface area contributed by atoms with Crippen molar-refractivity contribution in [2.45, 2.75) is 32.1 Å². The topological polar surface area (TPSA) is 0 Å². The second-order valence-corrected chi connectivity index (χ2v) is 3.41. The third-order valence-electron chi connectivity index (χ3n) is 2.12. The van der Waals surface area contributed by atoms with Crippen LogP contribution in [0.1, 0.15) is 32.1 Å². The smallest absolute Gasteiger partial charge is 0.00473 e. The molecule has 1 radical (unpaired) electrons. The minimum absolute atomic E-state index is 1.15. The molecule has 0 heteroatoms. The van der Waals surface area contributed by atoms with Gasteiger partial charge in [0.25, 0.3) is 0 Å². The number of hydrogen-bond acceptors (Lipinski definition) is 0. The van der Waals surface area contributed by atoms with Gasteiger partial charge in [0, 0.05) is 6.42 Å². The van der Waals surface area contributed by atoms with E-state index in [2.05, 4.69) is 55.0 Å². The van der Waals surface area contributed by atoms with Gasteiger partial charge in [-0.3, -0.25) is 0 Å². The fraction of sp³-hybridized carbons (Fsp3) is 0.357. The Morgan fingerprint density at radius 1 is 0.500 bits per heavy atom. The second kappa shape index (κ2) is 8.55. The summed E-state index contributed by atoms with van der Waals surface area (Å²) in [6.45, 7) is 0. The lowest BCUT2D eigenvalue weighted by molar-refractivity contribution is 0.862. The Balaban J connectivity index is 2.35. The summed E-state index contributed by atoms with van der Waals surface area (Å²) in [5.74, 6) is 0. The van der Waals surface area contributed by atoms with Crippen molar-refractivity contribution in [3.63, 3.8) is 0 Å². The van der Waals surface area contributed by atoms with E-state index >= 15 is 0 Å². The average Bonchev–Trinajstić information content (AvgIpc) is 2.22. The maximum Gasteiger partial charge on any atom is 0.00473 e. The van der Waals surface area contributed by atoms with Crippen LogP contribution in [0.2, 0.25) is 0 Å². The lowest BCUT2D eigenvalue weighted by Gasteiger charge is -1.91. The maximum absolute atomic E-state index is 2.30. The molecule has 0 fully saturated rings. The van der Waals surface area contributed by atoms with Gasteiger partial charge in [-0.1, -0.05) is 48.6 Å². The highest BCUT2D eigenvalue weighted by Crippen LogP contribution is 2.02. The zero-order chi connectivity index (χ0) is 9.90. The van der Waals surface area contributed by atoms with E-state index in [-0.39, 0.29) is 0 Å². The van der Waals surface area contributed by atoms with Gasteiger partial charge in [-0.15, -0.1) is 0 Å². The molecule has 0 heterocycles. The van der Waals surface area contributed by atoms with Gasteiger partial charge in [-0.2, -0.15) is 0 Å². The van der Waals surface area contributed by atoms with Crippen LogP contribution in [0.3, 0.4) is 0 Å². The van der Waals surface area contributed by atoms with E-state index < -0.39 is 0 Å². The van der Waals surface area contributed by atoms with Crippen molar-refractivity contribution in [2.24, 2.45) is 0 Å². The number of allylic oxidation sites excluding steroid dienone is 8. The number of rotatable bonds is 0. The summed E-state index contributed by atoms with van der Waals surface area (Å²) in [6, 6.07) is 0. The molecule has 1 rings (SSSR count). The van der Waals surface area contributed by atoms with Crippen molar-refractivity contribution >= 4 is 0 Å². The molecular formula is C14H19. The SMILES string of the molecule is [CH]1C=CC=CCCC=CCCCC=C1. The minimum atomic E-state index is 1.15. The van der Waals surface area contributed by atoms with Gasteiger partial charge in [0.1, 0.15) is 0 Å². The summed E-state index contributed by atoms with van der Waals surface area (Å²) in [7, 11) is 0. The molecule has 14 heavy (non-hydrogen) atoms. The summed E-state index contributed by atoms with van der Waals surface area (Å²) in [4.78, 5) is 0. The standard InChI is InChI=1S/C14H19/c1-2-4-6-8-10-12-14-13-11-9-7-5-3-1/h1-7,12,14H,8-11,13H2. The Hall–Kier alpha value is -1.04. The first-order chi connectivity index (χ1) is 7.00. The van der Waals surface area contributed by atoms with E-state index in [4.69, 9.17) is 0 Å². The van der Waals surface area contributed by atoms with Crippen molar-refractivity contribution in [1.82, 2.24) is 0 Å². The van der Waals surface area contributed by atoms with E-state index in [0.717, 1.165) is 6.42 Å². The molecule has 0 saturated heterocycles. The molecule has 1 aliphatic rings. The lowest BCUT2D eigenvalue weighted by atomic mass is 10.2. The van der Waals surface area contributed by atoms with Crippen LogP contribution in [0.15, 0.2) is 48.6 Å². The molecule has 0 atom stereocenters. The quantitative estimate of drug-likeness (QED) is 0.494. The van der Waals surface area contributed by atoms with Gasteiger partial charge in [0.05, 0.1) is 0 Å². The highest BCUT2D eigenvalue weighted by molar-refractivity contribution is 5.14. The molecule has 0 spiro atoms. The first-order valence-electron chi connectivity index (χ1n) is 5.47. The van der Waals surface area contributed by atoms with Gasteiger partial charge < -0.3 is 0 Å². The summed E-state index contributed by atoms with van der Waals surface area (Å²) in [6.07, 6.45) is 25.5. The lowest BCUT2D eigenvalue weighted by Crippen LogP contribution is -1.71. The van der Waals surface area contributed by atoms with Crippen molar-refractivity contribution in [3.05, 3.63) is 55.0 Å². The molecule has 0 amide bonds. The van der Waals surface area contributed by atoms with Crippen molar-refractivity contribution in [2.75, 3.05) is 0 Å². The molecule has 0 unspecified atom stereocenters. The van der Waals surface area contributed by atoms with Gasteiger partial charge in [0.2, 0.25) is 0 Å². The Morgan fingerprint density at radius 3 is 2.21 bits per heavy atom. The van der Waals surface area contributed by atoms with Crippen molar-refractivity contribution in [1.29, 1.82) is 0 Å². The van der Waals surface area contributed by atoms with Gasteiger partial charge in [0.15, 0.2) is 0 Å². The van der Waals surface area contributed by atoms with Crippen LogP contribution < -0.4 is 0 Å². The first-order valence-corrected chi connectivity index (χ1v) is 5.47. The van der Waals surface area contributed by atoms with E-state index in [1.807, 2.05) is 0 Å². The van der Waals surface area contributed by atoms with E-state index in [0.29, 0.717) is 0 Å². The second-order valence-electron chi connectivity index (χ2n) is 3.41. The molecule has 75 valence electrons. The largest absolute Gasteiger partial charge is 0.0885 e. The Labute approximate surface area is 87.7 Å². The van der Waals surface area contributed by atoms with Crippen LogP contribution in [0.5, 0.6) is 0 Å². The third-order valence-corrected chi connectivity index (χ3v) is 2.12. The van der Waals surface area contributed by atoms with Crippen LogP contribution in [0.25, 0.3) is 0 Å². The first kappa shape index (κ1) is 11.0. The minimum Gasteiger partial charge on any atom is -0.0885 e. The third kappa shape index (κ3) is 6.47.